The van der Waals surface area contributed by atoms with Crippen molar-refractivity contribution in [1.82, 2.24) is 30.2 Å². The zero-order valence-electron chi connectivity index (χ0n) is 19.3. The molecule has 4 aromatic rings. The Hall–Kier alpha value is -2.96. The van der Waals surface area contributed by atoms with Gasteiger partial charge in [0, 0.05) is 11.9 Å². The van der Waals surface area contributed by atoms with Crippen LogP contribution < -0.4 is 5.32 Å². The van der Waals surface area contributed by atoms with Crippen LogP contribution in [0.25, 0.3) is 22.2 Å². The number of rotatable bonds is 6. The topological polar surface area (TPSA) is 72.6 Å². The fraction of sp³-hybridized carbons (Fsp3) is 0.407. The number of aromatic amines is 2. The van der Waals surface area contributed by atoms with Crippen molar-refractivity contribution in [3.63, 3.8) is 0 Å². The molecule has 0 radical (unpaired) electrons. The number of aromatic nitrogens is 4. The van der Waals surface area contributed by atoms with Gasteiger partial charge in [0.1, 0.15) is 11.6 Å². The second-order valence-electron chi connectivity index (χ2n) is 9.63. The first-order chi connectivity index (χ1) is 16.2. The quantitative estimate of drug-likeness (QED) is 0.398. The largest absolute Gasteiger partial charge is 0.345 e. The average molecular weight is 441 g/mol. The van der Waals surface area contributed by atoms with Crippen LogP contribution in [-0.4, -0.2) is 45.0 Å². The molecular formula is C27H32N6. The van der Waals surface area contributed by atoms with E-state index in [-0.39, 0.29) is 0 Å². The van der Waals surface area contributed by atoms with Crippen LogP contribution in [0.3, 0.4) is 0 Å². The van der Waals surface area contributed by atoms with Gasteiger partial charge in [-0.05, 0) is 87.5 Å². The first kappa shape index (κ1) is 20.6. The highest BCUT2D eigenvalue weighted by atomic mass is 15.2. The summed E-state index contributed by atoms with van der Waals surface area (Å²) in [7, 11) is 2.19. The molecular weight excluding hydrogens is 408 g/mol. The molecule has 6 nitrogen and oxygen atoms in total. The van der Waals surface area contributed by atoms with Gasteiger partial charge in [0.15, 0.2) is 0 Å². The van der Waals surface area contributed by atoms with E-state index in [2.05, 4.69) is 74.7 Å². The number of fused-ring (bicyclic) bond motifs is 1. The molecule has 0 saturated carbocycles. The van der Waals surface area contributed by atoms with Crippen molar-refractivity contribution in [3.8, 4) is 11.1 Å². The Bertz CT molecular complexity index is 1230. The molecule has 2 saturated heterocycles. The molecule has 0 bridgehead atoms. The molecule has 2 aromatic carbocycles. The molecule has 6 rings (SSSR count). The summed E-state index contributed by atoms with van der Waals surface area (Å²) in [6, 6.07) is 16.3. The maximum atomic E-state index is 4.80. The van der Waals surface area contributed by atoms with Gasteiger partial charge in [-0.3, -0.25) is 4.90 Å². The van der Waals surface area contributed by atoms with Crippen molar-refractivity contribution in [2.45, 2.75) is 50.6 Å². The van der Waals surface area contributed by atoms with E-state index in [0.717, 1.165) is 48.5 Å². The normalized spacial score (nSPS) is 21.4. The average Bonchev–Trinajstić information content (AvgIpc) is 3.64. The summed E-state index contributed by atoms with van der Waals surface area (Å²) in [4.78, 5) is 19.0. The first-order valence-corrected chi connectivity index (χ1v) is 12.3. The van der Waals surface area contributed by atoms with Crippen LogP contribution in [0.4, 0.5) is 0 Å². The van der Waals surface area contributed by atoms with Crippen LogP contribution in [-0.2, 0) is 12.8 Å². The van der Waals surface area contributed by atoms with Crippen LogP contribution in [0.1, 0.15) is 60.7 Å². The summed E-state index contributed by atoms with van der Waals surface area (Å²) in [6.45, 7) is 2.25. The third-order valence-electron chi connectivity index (χ3n) is 7.35. The summed E-state index contributed by atoms with van der Waals surface area (Å²) in [5.41, 5.74) is 7.20. The van der Waals surface area contributed by atoms with Crippen molar-refractivity contribution >= 4 is 11.0 Å². The number of imidazole rings is 2. The predicted octanol–water partition coefficient (Wildman–Crippen LogP) is 4.93. The van der Waals surface area contributed by atoms with Gasteiger partial charge in [-0.15, -0.1) is 0 Å². The number of H-pyrrole nitrogens is 2. The smallest absolute Gasteiger partial charge is 0.124 e. The number of benzene rings is 2. The molecule has 33 heavy (non-hydrogen) atoms. The molecule has 0 unspecified atom stereocenters. The van der Waals surface area contributed by atoms with E-state index in [0.29, 0.717) is 12.1 Å². The van der Waals surface area contributed by atoms with Gasteiger partial charge in [0.05, 0.1) is 23.1 Å². The van der Waals surface area contributed by atoms with Crippen molar-refractivity contribution in [3.05, 3.63) is 71.6 Å². The maximum Gasteiger partial charge on any atom is 0.124 e. The molecule has 4 heterocycles. The van der Waals surface area contributed by atoms with E-state index < -0.39 is 0 Å². The van der Waals surface area contributed by atoms with Gasteiger partial charge in [0.2, 0.25) is 0 Å². The standard InChI is InChI=1S/C27H32N6/c1-33-15-3-5-25(33)27-29-17-21(30-27)12-8-18-6-9-19(10-7-18)20-11-13-22-24(16-20)32-26(31-22)23-4-2-14-28-23/h6-7,9-11,13,16-17,23,25,28H,2-5,8,12,14-15H2,1H3,(H,29,30)(H,31,32)/t23-,25-/m0/s1. The molecule has 0 aliphatic carbocycles. The second-order valence-corrected chi connectivity index (χ2v) is 9.63. The van der Waals surface area contributed by atoms with E-state index in [1.807, 2.05) is 6.20 Å². The molecule has 2 aromatic heterocycles. The van der Waals surface area contributed by atoms with Gasteiger partial charge >= 0.3 is 0 Å². The van der Waals surface area contributed by atoms with Gasteiger partial charge < -0.3 is 15.3 Å². The third kappa shape index (κ3) is 4.21. The lowest BCUT2D eigenvalue weighted by atomic mass is 10.0. The number of hydrogen-bond acceptors (Lipinski definition) is 4. The van der Waals surface area contributed by atoms with Crippen LogP contribution in [0.5, 0.6) is 0 Å². The summed E-state index contributed by atoms with van der Waals surface area (Å²) in [6.07, 6.45) is 8.86. The Morgan fingerprint density at radius 1 is 0.939 bits per heavy atom. The number of nitrogens with zero attached hydrogens (tertiary/aromatic N) is 3. The summed E-state index contributed by atoms with van der Waals surface area (Å²) in [5.74, 6) is 2.19. The van der Waals surface area contributed by atoms with Gasteiger partial charge in [-0.2, -0.15) is 0 Å². The number of aryl methyl sites for hydroxylation is 2. The molecule has 2 aliphatic rings. The lowest BCUT2D eigenvalue weighted by Gasteiger charge is -2.16. The highest BCUT2D eigenvalue weighted by Crippen LogP contribution is 2.29. The number of nitrogens with one attached hydrogen (secondary N) is 3. The monoisotopic (exact) mass is 440 g/mol. The molecule has 2 aliphatic heterocycles. The summed E-state index contributed by atoms with van der Waals surface area (Å²) in [5, 5.41) is 3.53. The minimum atomic E-state index is 0.366. The summed E-state index contributed by atoms with van der Waals surface area (Å²) >= 11 is 0. The maximum absolute atomic E-state index is 4.80. The van der Waals surface area contributed by atoms with Crippen molar-refractivity contribution < 1.29 is 0 Å². The second kappa shape index (κ2) is 8.76. The highest BCUT2D eigenvalue weighted by Gasteiger charge is 2.25. The third-order valence-corrected chi connectivity index (χ3v) is 7.35. The Morgan fingerprint density at radius 2 is 1.82 bits per heavy atom. The predicted molar refractivity (Wildman–Crippen MR) is 132 cm³/mol. The zero-order chi connectivity index (χ0) is 22.2. The molecule has 170 valence electrons. The summed E-state index contributed by atoms with van der Waals surface area (Å²) < 4.78 is 0. The molecule has 3 N–H and O–H groups in total. The first-order valence-electron chi connectivity index (χ1n) is 12.3. The fourth-order valence-corrected chi connectivity index (χ4v) is 5.36. The Balaban J connectivity index is 1.12. The van der Waals surface area contributed by atoms with Crippen LogP contribution in [0.2, 0.25) is 0 Å². The Morgan fingerprint density at radius 3 is 2.61 bits per heavy atom. The van der Waals surface area contributed by atoms with Gasteiger partial charge in [-0.25, -0.2) is 9.97 Å². The van der Waals surface area contributed by atoms with E-state index >= 15 is 0 Å². The van der Waals surface area contributed by atoms with Crippen molar-refractivity contribution in [1.29, 1.82) is 0 Å². The van der Waals surface area contributed by atoms with E-state index in [4.69, 9.17) is 4.98 Å². The molecule has 0 amide bonds. The SMILES string of the molecule is CN1CCC[C@H]1c1ncc(CCc2ccc(-c3ccc4nc([C@@H]5CCCN5)[nH]c4c3)cc2)[nH]1. The fourth-order valence-electron chi connectivity index (χ4n) is 5.36. The molecule has 6 heteroatoms. The van der Waals surface area contributed by atoms with E-state index in [9.17, 15) is 0 Å². The molecule has 2 fully saturated rings. The lowest BCUT2D eigenvalue weighted by molar-refractivity contribution is 0.307. The lowest BCUT2D eigenvalue weighted by Crippen LogP contribution is -2.18. The Kier molecular flexibility index (Phi) is 5.48. The Labute approximate surface area is 194 Å². The van der Waals surface area contributed by atoms with Gasteiger partial charge in [-0.1, -0.05) is 30.3 Å². The van der Waals surface area contributed by atoms with Crippen LogP contribution in [0, 0.1) is 0 Å². The minimum absolute atomic E-state index is 0.366. The highest BCUT2D eigenvalue weighted by molar-refractivity contribution is 5.82. The molecule has 0 spiro atoms. The van der Waals surface area contributed by atoms with Crippen LogP contribution >= 0.6 is 0 Å². The van der Waals surface area contributed by atoms with Crippen LogP contribution in [0.15, 0.2) is 48.7 Å². The van der Waals surface area contributed by atoms with Crippen molar-refractivity contribution in [2.24, 2.45) is 0 Å². The van der Waals surface area contributed by atoms with E-state index in [1.165, 1.54) is 48.2 Å². The molecule has 2 atom stereocenters. The number of likely N-dealkylation sites (tertiary alicyclic amines) is 1. The van der Waals surface area contributed by atoms with Gasteiger partial charge in [0.25, 0.3) is 0 Å². The number of hydrogen-bond donors (Lipinski definition) is 3. The minimum Gasteiger partial charge on any atom is -0.345 e. The van der Waals surface area contributed by atoms with E-state index in [1.54, 1.807) is 0 Å². The zero-order valence-corrected chi connectivity index (χ0v) is 19.3. The van der Waals surface area contributed by atoms with Crippen molar-refractivity contribution in [2.75, 3.05) is 20.1 Å².